The van der Waals surface area contributed by atoms with Crippen molar-refractivity contribution in [3.8, 4) is 5.75 Å². The van der Waals surface area contributed by atoms with Crippen molar-refractivity contribution in [3.63, 3.8) is 0 Å². The lowest BCUT2D eigenvalue weighted by Gasteiger charge is -2.16. The number of aryl methyl sites for hydroxylation is 1. The normalized spacial score (nSPS) is 17.9. The molecular formula is C16H25NO. The summed E-state index contributed by atoms with van der Waals surface area (Å²) < 4.78 is 5.74. The number of nitrogens with two attached hydrogens (primary N) is 1. The van der Waals surface area contributed by atoms with Crippen molar-refractivity contribution >= 4 is 0 Å². The molecule has 1 aromatic carbocycles. The molecule has 1 fully saturated rings. The highest BCUT2D eigenvalue weighted by Crippen LogP contribution is 2.28. The molecule has 1 unspecified atom stereocenters. The van der Waals surface area contributed by atoms with Crippen LogP contribution in [0.2, 0.25) is 0 Å². The zero-order chi connectivity index (χ0) is 12.8. The van der Waals surface area contributed by atoms with Crippen LogP contribution in [0, 0.1) is 12.8 Å². The van der Waals surface area contributed by atoms with Crippen molar-refractivity contribution in [3.05, 3.63) is 29.8 Å². The highest BCUT2D eigenvalue weighted by Gasteiger charge is 2.17. The van der Waals surface area contributed by atoms with E-state index in [1.54, 1.807) is 0 Å². The fraction of sp³-hybridized carbons (Fsp3) is 0.625. The highest BCUT2D eigenvalue weighted by molar-refractivity contribution is 5.27. The van der Waals surface area contributed by atoms with E-state index in [1.165, 1.54) is 37.7 Å². The zero-order valence-corrected chi connectivity index (χ0v) is 11.4. The predicted octanol–water partition coefficient (Wildman–Crippen LogP) is 3.67. The molecule has 1 saturated carbocycles. The Labute approximate surface area is 111 Å². The Bertz CT molecular complexity index is 358. The fourth-order valence-electron chi connectivity index (χ4n) is 2.83. The Kier molecular flexibility index (Phi) is 5.06. The first-order valence-corrected chi connectivity index (χ1v) is 7.19. The first kappa shape index (κ1) is 13.4. The van der Waals surface area contributed by atoms with E-state index >= 15 is 0 Å². The monoisotopic (exact) mass is 247 g/mol. The number of rotatable bonds is 6. The minimum Gasteiger partial charge on any atom is -0.494 e. The van der Waals surface area contributed by atoms with Gasteiger partial charge in [-0.1, -0.05) is 37.8 Å². The van der Waals surface area contributed by atoms with E-state index in [-0.39, 0.29) is 0 Å². The van der Waals surface area contributed by atoms with Gasteiger partial charge in [0.05, 0.1) is 6.61 Å². The van der Waals surface area contributed by atoms with Gasteiger partial charge in [-0.25, -0.2) is 0 Å². The second-order valence-electron chi connectivity index (χ2n) is 5.60. The van der Waals surface area contributed by atoms with Crippen LogP contribution in [-0.2, 0) is 0 Å². The molecule has 1 aromatic rings. The first-order valence-electron chi connectivity index (χ1n) is 7.19. The maximum atomic E-state index is 6.17. The average Bonchev–Trinajstić information content (AvgIpc) is 2.82. The predicted molar refractivity (Wildman–Crippen MR) is 75.8 cm³/mol. The van der Waals surface area contributed by atoms with Crippen molar-refractivity contribution in [1.29, 1.82) is 0 Å². The van der Waals surface area contributed by atoms with Crippen LogP contribution in [0.4, 0.5) is 0 Å². The van der Waals surface area contributed by atoms with Gasteiger partial charge < -0.3 is 10.5 Å². The van der Waals surface area contributed by atoms with E-state index in [2.05, 4.69) is 19.1 Å². The van der Waals surface area contributed by atoms with E-state index in [9.17, 15) is 0 Å². The lowest BCUT2D eigenvalue weighted by molar-refractivity contribution is 0.285. The first-order chi connectivity index (χ1) is 8.74. The van der Waals surface area contributed by atoms with Gasteiger partial charge in [-0.2, -0.15) is 0 Å². The lowest BCUT2D eigenvalue weighted by atomic mass is 9.97. The van der Waals surface area contributed by atoms with Crippen molar-refractivity contribution in [1.82, 2.24) is 0 Å². The molecule has 2 heteroatoms. The smallest absolute Gasteiger partial charge is 0.119 e. The van der Waals surface area contributed by atoms with Gasteiger partial charge in [-0.3, -0.25) is 0 Å². The van der Waals surface area contributed by atoms with Crippen molar-refractivity contribution in [2.24, 2.45) is 11.7 Å². The van der Waals surface area contributed by atoms with Gasteiger partial charge in [0.2, 0.25) is 0 Å². The van der Waals surface area contributed by atoms with Gasteiger partial charge in [0.25, 0.3) is 0 Å². The Hall–Kier alpha value is -1.02. The van der Waals surface area contributed by atoms with Crippen molar-refractivity contribution < 1.29 is 4.74 Å². The van der Waals surface area contributed by atoms with E-state index < -0.39 is 0 Å². The van der Waals surface area contributed by atoms with Gasteiger partial charge in [0, 0.05) is 6.04 Å². The molecule has 0 amide bonds. The SMILES string of the molecule is Cc1cccc(OCCC(N)CC2CCCC2)c1. The number of hydrogen-bond donors (Lipinski definition) is 1. The number of hydrogen-bond acceptors (Lipinski definition) is 2. The summed E-state index contributed by atoms with van der Waals surface area (Å²) in [5, 5.41) is 0. The van der Waals surface area contributed by atoms with E-state index in [4.69, 9.17) is 10.5 Å². The molecule has 0 aliphatic heterocycles. The standard InChI is InChI=1S/C16H25NO/c1-13-5-4-8-16(11-13)18-10-9-15(17)12-14-6-2-3-7-14/h4-5,8,11,14-15H,2-3,6-7,9-10,12,17H2,1H3. The van der Waals surface area contributed by atoms with Crippen LogP contribution in [0.1, 0.15) is 44.1 Å². The summed E-state index contributed by atoms with van der Waals surface area (Å²) in [6.07, 6.45) is 7.70. The van der Waals surface area contributed by atoms with E-state index in [1.807, 2.05) is 12.1 Å². The lowest BCUT2D eigenvalue weighted by Crippen LogP contribution is -2.25. The van der Waals surface area contributed by atoms with Crippen molar-refractivity contribution in [2.45, 2.75) is 51.5 Å². The van der Waals surface area contributed by atoms with Crippen LogP contribution in [-0.4, -0.2) is 12.6 Å². The molecule has 2 N–H and O–H groups in total. The molecule has 1 atom stereocenters. The molecule has 0 bridgehead atoms. The van der Waals surface area contributed by atoms with Crippen LogP contribution < -0.4 is 10.5 Å². The maximum absolute atomic E-state index is 6.17. The second-order valence-corrected chi connectivity index (χ2v) is 5.60. The summed E-state index contributed by atoms with van der Waals surface area (Å²) >= 11 is 0. The molecular weight excluding hydrogens is 222 g/mol. The van der Waals surface area contributed by atoms with Crippen LogP contribution in [0.5, 0.6) is 5.75 Å². The minimum atomic E-state index is 0.304. The Balaban J connectivity index is 1.65. The zero-order valence-electron chi connectivity index (χ0n) is 11.4. The minimum absolute atomic E-state index is 0.304. The van der Waals surface area contributed by atoms with Gasteiger partial charge in [-0.15, -0.1) is 0 Å². The third-order valence-corrected chi connectivity index (χ3v) is 3.86. The number of benzene rings is 1. The Morgan fingerprint density at radius 3 is 2.83 bits per heavy atom. The van der Waals surface area contributed by atoms with Crippen molar-refractivity contribution in [2.75, 3.05) is 6.61 Å². The van der Waals surface area contributed by atoms with Gasteiger partial charge in [0.15, 0.2) is 0 Å². The van der Waals surface area contributed by atoms with Crippen LogP contribution in [0.15, 0.2) is 24.3 Å². The largest absolute Gasteiger partial charge is 0.494 e. The molecule has 0 heterocycles. The summed E-state index contributed by atoms with van der Waals surface area (Å²) in [6, 6.07) is 8.50. The molecule has 2 nitrogen and oxygen atoms in total. The summed E-state index contributed by atoms with van der Waals surface area (Å²) in [4.78, 5) is 0. The summed E-state index contributed by atoms with van der Waals surface area (Å²) in [5.41, 5.74) is 7.41. The third-order valence-electron chi connectivity index (χ3n) is 3.86. The van der Waals surface area contributed by atoms with E-state index in [0.29, 0.717) is 6.04 Å². The Morgan fingerprint density at radius 2 is 2.11 bits per heavy atom. The second kappa shape index (κ2) is 6.79. The molecule has 100 valence electrons. The molecule has 0 saturated heterocycles. The third kappa shape index (κ3) is 4.34. The van der Waals surface area contributed by atoms with Crippen LogP contribution in [0.3, 0.4) is 0 Å². The molecule has 18 heavy (non-hydrogen) atoms. The molecule has 0 radical (unpaired) electrons. The maximum Gasteiger partial charge on any atom is 0.119 e. The molecule has 1 aliphatic rings. The summed E-state index contributed by atoms with van der Waals surface area (Å²) in [6.45, 7) is 2.82. The summed E-state index contributed by atoms with van der Waals surface area (Å²) in [5.74, 6) is 1.84. The molecule has 1 aliphatic carbocycles. The quantitative estimate of drug-likeness (QED) is 0.832. The average molecular weight is 247 g/mol. The van der Waals surface area contributed by atoms with Gasteiger partial charge in [-0.05, 0) is 43.4 Å². The van der Waals surface area contributed by atoms with Gasteiger partial charge >= 0.3 is 0 Å². The highest BCUT2D eigenvalue weighted by atomic mass is 16.5. The topological polar surface area (TPSA) is 35.2 Å². The summed E-state index contributed by atoms with van der Waals surface area (Å²) in [7, 11) is 0. The van der Waals surface area contributed by atoms with Crippen LogP contribution >= 0.6 is 0 Å². The number of ether oxygens (including phenoxy) is 1. The van der Waals surface area contributed by atoms with Crippen LogP contribution in [0.25, 0.3) is 0 Å². The van der Waals surface area contributed by atoms with E-state index in [0.717, 1.165) is 24.7 Å². The fourth-order valence-corrected chi connectivity index (χ4v) is 2.83. The van der Waals surface area contributed by atoms with Gasteiger partial charge in [0.1, 0.15) is 5.75 Å². The molecule has 0 aromatic heterocycles. The molecule has 2 rings (SSSR count). The molecule has 0 spiro atoms. The Morgan fingerprint density at radius 1 is 1.33 bits per heavy atom.